The van der Waals surface area contributed by atoms with Crippen LogP contribution in [0.5, 0.6) is 0 Å². The normalized spacial score (nSPS) is 9.73. The van der Waals surface area contributed by atoms with Gasteiger partial charge >= 0.3 is 0 Å². The van der Waals surface area contributed by atoms with E-state index >= 15 is 0 Å². The summed E-state index contributed by atoms with van der Waals surface area (Å²) in [6.07, 6.45) is 1.47. The zero-order valence-electron chi connectivity index (χ0n) is 8.76. The maximum absolute atomic E-state index is 11.5. The molecule has 0 fully saturated rings. The molecule has 0 bridgehead atoms. The van der Waals surface area contributed by atoms with E-state index in [0.717, 1.165) is 5.69 Å². The topological polar surface area (TPSA) is 86.9 Å². The number of aromatic nitrogens is 2. The minimum absolute atomic E-state index is 0.111. The number of rotatable bonds is 4. The lowest BCUT2D eigenvalue weighted by Gasteiger charge is -2.04. The largest absolute Gasteiger partial charge is 0.355 e. The van der Waals surface area contributed by atoms with Gasteiger partial charge in [-0.25, -0.2) is 4.98 Å². The van der Waals surface area contributed by atoms with Gasteiger partial charge < -0.3 is 15.6 Å². The van der Waals surface area contributed by atoms with Crippen LogP contribution in [0, 0.1) is 6.92 Å². The first kappa shape index (κ1) is 11.2. The van der Waals surface area contributed by atoms with E-state index in [4.69, 9.17) is 0 Å². The first-order valence-corrected chi connectivity index (χ1v) is 4.64. The molecule has 0 unspecified atom stereocenters. The molecule has 0 saturated heterocycles. The molecule has 82 valence electrons. The molecule has 6 heteroatoms. The van der Waals surface area contributed by atoms with Crippen LogP contribution < -0.4 is 10.6 Å². The Morgan fingerprint density at radius 1 is 1.40 bits per heavy atom. The van der Waals surface area contributed by atoms with E-state index in [1.165, 1.54) is 13.3 Å². The summed E-state index contributed by atoms with van der Waals surface area (Å²) >= 11 is 0. The molecule has 15 heavy (non-hydrogen) atoms. The van der Waals surface area contributed by atoms with E-state index < -0.39 is 0 Å². The molecular weight excluding hydrogens is 196 g/mol. The fraction of sp³-hybridized carbons (Fsp3) is 0.444. The number of hydrogen-bond acceptors (Lipinski definition) is 3. The Bertz CT molecular complexity index is 359. The highest BCUT2D eigenvalue weighted by Crippen LogP contribution is 1.98. The molecule has 0 aromatic carbocycles. The predicted octanol–water partition coefficient (Wildman–Crippen LogP) is -0.416. The fourth-order valence-electron chi connectivity index (χ4n) is 1.09. The number of aromatic amines is 1. The Morgan fingerprint density at radius 2 is 2.07 bits per heavy atom. The van der Waals surface area contributed by atoms with Gasteiger partial charge in [-0.05, 0) is 6.92 Å². The Labute approximate surface area is 87.5 Å². The molecule has 0 aliphatic rings. The van der Waals surface area contributed by atoms with Crippen molar-refractivity contribution in [2.75, 3.05) is 13.1 Å². The third-order valence-electron chi connectivity index (χ3n) is 1.83. The molecule has 1 aromatic heterocycles. The Kier molecular flexibility index (Phi) is 3.84. The maximum Gasteiger partial charge on any atom is 0.271 e. The van der Waals surface area contributed by atoms with Crippen LogP contribution in [0.2, 0.25) is 0 Å². The molecule has 1 rings (SSSR count). The molecule has 0 spiro atoms. The van der Waals surface area contributed by atoms with Crippen molar-refractivity contribution in [3.8, 4) is 0 Å². The molecule has 0 atom stereocenters. The van der Waals surface area contributed by atoms with Crippen molar-refractivity contribution in [3.05, 3.63) is 17.7 Å². The van der Waals surface area contributed by atoms with E-state index in [1.54, 1.807) is 6.92 Å². The minimum atomic E-state index is -0.237. The van der Waals surface area contributed by atoms with Gasteiger partial charge in [0, 0.05) is 25.7 Å². The summed E-state index contributed by atoms with van der Waals surface area (Å²) < 4.78 is 0. The van der Waals surface area contributed by atoms with Crippen LogP contribution in [0.15, 0.2) is 6.33 Å². The van der Waals surface area contributed by atoms with Crippen LogP contribution >= 0.6 is 0 Å². The summed E-state index contributed by atoms with van der Waals surface area (Å²) in [5.74, 6) is -0.348. The average molecular weight is 210 g/mol. The van der Waals surface area contributed by atoms with Crippen molar-refractivity contribution < 1.29 is 9.59 Å². The van der Waals surface area contributed by atoms with Gasteiger partial charge in [-0.2, -0.15) is 0 Å². The van der Waals surface area contributed by atoms with Crippen LogP contribution in [0.1, 0.15) is 23.1 Å². The van der Waals surface area contributed by atoms with Gasteiger partial charge in [0.2, 0.25) is 5.91 Å². The second-order valence-corrected chi connectivity index (χ2v) is 3.12. The lowest BCUT2D eigenvalue weighted by atomic mass is 10.3. The zero-order valence-corrected chi connectivity index (χ0v) is 8.76. The molecule has 0 saturated carbocycles. The van der Waals surface area contributed by atoms with E-state index in [-0.39, 0.29) is 11.8 Å². The van der Waals surface area contributed by atoms with E-state index in [0.29, 0.717) is 18.8 Å². The van der Waals surface area contributed by atoms with Gasteiger partial charge in [0.05, 0.1) is 6.33 Å². The summed E-state index contributed by atoms with van der Waals surface area (Å²) in [6, 6.07) is 0. The summed E-state index contributed by atoms with van der Waals surface area (Å²) in [4.78, 5) is 28.7. The Hall–Kier alpha value is -1.85. The molecule has 2 amide bonds. The monoisotopic (exact) mass is 210 g/mol. The van der Waals surface area contributed by atoms with Gasteiger partial charge in [0.15, 0.2) is 0 Å². The molecule has 0 aliphatic heterocycles. The predicted molar refractivity (Wildman–Crippen MR) is 54.3 cm³/mol. The van der Waals surface area contributed by atoms with E-state index in [1.807, 2.05) is 0 Å². The van der Waals surface area contributed by atoms with Crippen LogP contribution in [0.4, 0.5) is 0 Å². The van der Waals surface area contributed by atoms with Crippen molar-refractivity contribution in [3.63, 3.8) is 0 Å². The van der Waals surface area contributed by atoms with E-state index in [2.05, 4.69) is 20.6 Å². The summed E-state index contributed by atoms with van der Waals surface area (Å²) in [5, 5.41) is 5.22. The summed E-state index contributed by atoms with van der Waals surface area (Å²) in [5.41, 5.74) is 1.12. The third kappa shape index (κ3) is 3.41. The number of hydrogen-bond donors (Lipinski definition) is 3. The number of nitrogens with zero attached hydrogens (tertiary/aromatic N) is 1. The third-order valence-corrected chi connectivity index (χ3v) is 1.83. The second kappa shape index (κ2) is 5.14. The average Bonchev–Trinajstić information content (AvgIpc) is 2.58. The highest BCUT2D eigenvalue weighted by Gasteiger charge is 2.10. The van der Waals surface area contributed by atoms with Gasteiger partial charge in [-0.1, -0.05) is 0 Å². The molecule has 0 aliphatic carbocycles. The number of aryl methyl sites for hydroxylation is 1. The highest BCUT2D eigenvalue weighted by atomic mass is 16.2. The number of carbonyl (C=O) groups excluding carboxylic acids is 2. The number of nitrogens with one attached hydrogen (secondary N) is 3. The van der Waals surface area contributed by atoms with Crippen LogP contribution in [-0.2, 0) is 4.79 Å². The quantitative estimate of drug-likeness (QED) is 0.590. The molecule has 3 N–H and O–H groups in total. The van der Waals surface area contributed by atoms with Crippen LogP contribution in [0.25, 0.3) is 0 Å². The molecule has 6 nitrogen and oxygen atoms in total. The number of imidazole rings is 1. The highest BCUT2D eigenvalue weighted by molar-refractivity contribution is 5.93. The molecule has 0 radical (unpaired) electrons. The lowest BCUT2D eigenvalue weighted by molar-refractivity contribution is -0.118. The fourth-order valence-corrected chi connectivity index (χ4v) is 1.09. The summed E-state index contributed by atoms with van der Waals surface area (Å²) in [6.45, 7) is 4.02. The standard InChI is InChI=1S/C9H14N4O2/c1-6-8(13-5-12-6)9(15)11-4-3-10-7(2)14/h5H,3-4H2,1-2H3,(H,10,14)(H,11,15)(H,12,13). The lowest BCUT2D eigenvalue weighted by Crippen LogP contribution is -2.34. The van der Waals surface area contributed by atoms with Crippen LogP contribution in [-0.4, -0.2) is 34.9 Å². The first-order valence-electron chi connectivity index (χ1n) is 4.64. The van der Waals surface area contributed by atoms with Crippen LogP contribution in [0.3, 0.4) is 0 Å². The number of carbonyl (C=O) groups is 2. The smallest absolute Gasteiger partial charge is 0.271 e. The minimum Gasteiger partial charge on any atom is -0.355 e. The van der Waals surface area contributed by atoms with Crippen molar-refractivity contribution >= 4 is 11.8 Å². The number of amides is 2. The van der Waals surface area contributed by atoms with Gasteiger partial charge in [-0.15, -0.1) is 0 Å². The maximum atomic E-state index is 11.5. The van der Waals surface area contributed by atoms with Gasteiger partial charge in [0.25, 0.3) is 5.91 Å². The second-order valence-electron chi connectivity index (χ2n) is 3.12. The van der Waals surface area contributed by atoms with E-state index in [9.17, 15) is 9.59 Å². The van der Waals surface area contributed by atoms with Gasteiger partial charge in [-0.3, -0.25) is 9.59 Å². The zero-order chi connectivity index (χ0) is 11.3. The Balaban J connectivity index is 2.31. The SMILES string of the molecule is CC(=O)NCCNC(=O)c1nc[nH]c1C. The molecular formula is C9H14N4O2. The Morgan fingerprint density at radius 3 is 2.60 bits per heavy atom. The van der Waals surface area contributed by atoms with Crippen molar-refractivity contribution in [2.45, 2.75) is 13.8 Å². The molecule has 1 aromatic rings. The molecule has 1 heterocycles. The first-order chi connectivity index (χ1) is 7.11. The summed E-state index contributed by atoms with van der Waals surface area (Å²) in [7, 11) is 0. The van der Waals surface area contributed by atoms with Crippen molar-refractivity contribution in [2.24, 2.45) is 0 Å². The van der Waals surface area contributed by atoms with Gasteiger partial charge in [0.1, 0.15) is 5.69 Å². The number of H-pyrrole nitrogens is 1. The van der Waals surface area contributed by atoms with Crippen molar-refractivity contribution in [1.29, 1.82) is 0 Å². The van der Waals surface area contributed by atoms with Crippen molar-refractivity contribution in [1.82, 2.24) is 20.6 Å².